The zero-order valence-corrected chi connectivity index (χ0v) is 6.81. The van der Waals surface area contributed by atoms with Gasteiger partial charge >= 0.3 is 0 Å². The van der Waals surface area contributed by atoms with Crippen LogP contribution in [0.1, 0.15) is 11.1 Å². The molecule has 1 aromatic carbocycles. The van der Waals surface area contributed by atoms with Gasteiger partial charge in [0.1, 0.15) is 17.4 Å². The van der Waals surface area contributed by atoms with Crippen molar-refractivity contribution < 1.29 is 18.6 Å². The Hall–Kier alpha value is -1.16. The molecule has 0 radical (unpaired) electrons. The first-order chi connectivity index (χ1) is 6.24. The average Bonchev–Trinajstić information content (AvgIpc) is 2.53. The molecule has 0 bridgehead atoms. The van der Waals surface area contributed by atoms with Gasteiger partial charge in [0.05, 0.1) is 18.8 Å². The molecule has 1 heterocycles. The SMILES string of the molecule is OCc1c(F)cc(F)c2c1OCC2. The van der Waals surface area contributed by atoms with E-state index in [-0.39, 0.29) is 11.3 Å². The minimum atomic E-state index is -0.749. The Morgan fingerprint density at radius 1 is 1.38 bits per heavy atom. The lowest BCUT2D eigenvalue weighted by Gasteiger charge is -2.06. The highest BCUT2D eigenvalue weighted by Crippen LogP contribution is 2.33. The van der Waals surface area contributed by atoms with Gasteiger partial charge in [0.15, 0.2) is 0 Å². The maximum atomic E-state index is 13.1. The molecule has 0 spiro atoms. The van der Waals surface area contributed by atoms with Gasteiger partial charge in [0.2, 0.25) is 0 Å². The van der Waals surface area contributed by atoms with Crippen LogP contribution in [-0.4, -0.2) is 11.7 Å². The molecule has 0 fully saturated rings. The van der Waals surface area contributed by atoms with Gasteiger partial charge in [-0.1, -0.05) is 0 Å². The van der Waals surface area contributed by atoms with Crippen molar-refractivity contribution in [1.82, 2.24) is 0 Å². The molecule has 0 saturated heterocycles. The van der Waals surface area contributed by atoms with Crippen molar-refractivity contribution in [2.75, 3.05) is 6.61 Å². The van der Waals surface area contributed by atoms with Crippen molar-refractivity contribution >= 4 is 0 Å². The predicted octanol–water partition coefficient (Wildman–Crippen LogP) is 1.39. The van der Waals surface area contributed by atoms with E-state index in [0.717, 1.165) is 6.07 Å². The summed E-state index contributed by atoms with van der Waals surface area (Å²) in [5, 5.41) is 8.83. The third-order valence-corrected chi connectivity index (χ3v) is 2.13. The summed E-state index contributed by atoms with van der Waals surface area (Å²) < 4.78 is 31.1. The topological polar surface area (TPSA) is 29.5 Å². The summed E-state index contributed by atoms with van der Waals surface area (Å²) in [5.74, 6) is -1.16. The average molecular weight is 186 g/mol. The molecule has 1 aliphatic rings. The summed E-state index contributed by atoms with van der Waals surface area (Å²) in [6, 6.07) is 0.791. The van der Waals surface area contributed by atoms with Gasteiger partial charge in [-0.2, -0.15) is 0 Å². The molecule has 0 aromatic heterocycles. The minimum absolute atomic E-state index is 0.0499. The maximum Gasteiger partial charge on any atom is 0.135 e. The van der Waals surface area contributed by atoms with Gasteiger partial charge < -0.3 is 9.84 Å². The third-order valence-electron chi connectivity index (χ3n) is 2.13. The molecule has 2 rings (SSSR count). The van der Waals surface area contributed by atoms with Crippen LogP contribution in [0.15, 0.2) is 6.07 Å². The van der Waals surface area contributed by atoms with Crippen LogP contribution in [0.25, 0.3) is 0 Å². The van der Waals surface area contributed by atoms with Crippen LogP contribution >= 0.6 is 0 Å². The first-order valence-electron chi connectivity index (χ1n) is 3.97. The fourth-order valence-electron chi connectivity index (χ4n) is 1.49. The van der Waals surface area contributed by atoms with Crippen LogP contribution in [0.2, 0.25) is 0 Å². The summed E-state index contributed by atoms with van der Waals surface area (Å²) in [6.45, 7) is -0.114. The first kappa shape index (κ1) is 8.44. The fraction of sp³-hybridized carbons (Fsp3) is 0.333. The van der Waals surface area contributed by atoms with E-state index < -0.39 is 18.2 Å². The van der Waals surface area contributed by atoms with E-state index >= 15 is 0 Å². The lowest BCUT2D eigenvalue weighted by atomic mass is 10.1. The Bertz CT molecular complexity index is 350. The van der Waals surface area contributed by atoms with Gasteiger partial charge in [0.25, 0.3) is 0 Å². The molecule has 2 nitrogen and oxygen atoms in total. The van der Waals surface area contributed by atoms with Crippen molar-refractivity contribution in [2.24, 2.45) is 0 Å². The van der Waals surface area contributed by atoms with E-state index in [0.29, 0.717) is 18.6 Å². The van der Waals surface area contributed by atoms with Crippen LogP contribution in [0.4, 0.5) is 8.78 Å². The number of halogens is 2. The molecule has 13 heavy (non-hydrogen) atoms. The number of aliphatic hydroxyl groups excluding tert-OH is 1. The number of benzene rings is 1. The van der Waals surface area contributed by atoms with Gasteiger partial charge in [-0.15, -0.1) is 0 Å². The van der Waals surface area contributed by atoms with Crippen molar-refractivity contribution in [3.63, 3.8) is 0 Å². The largest absolute Gasteiger partial charge is 0.492 e. The molecule has 0 atom stereocenters. The van der Waals surface area contributed by atoms with E-state index in [1.807, 2.05) is 0 Å². The van der Waals surface area contributed by atoms with Gasteiger partial charge in [0, 0.05) is 18.1 Å². The molecule has 1 aliphatic heterocycles. The van der Waals surface area contributed by atoms with Crippen molar-refractivity contribution in [1.29, 1.82) is 0 Å². The van der Waals surface area contributed by atoms with Crippen molar-refractivity contribution in [3.8, 4) is 5.75 Å². The predicted molar refractivity (Wildman–Crippen MR) is 41.5 cm³/mol. The summed E-state index contributed by atoms with van der Waals surface area (Å²) in [4.78, 5) is 0. The van der Waals surface area contributed by atoms with Gasteiger partial charge in [-0.3, -0.25) is 0 Å². The minimum Gasteiger partial charge on any atom is -0.492 e. The number of hydrogen-bond acceptors (Lipinski definition) is 2. The third kappa shape index (κ3) is 1.18. The monoisotopic (exact) mass is 186 g/mol. The molecule has 0 unspecified atom stereocenters. The van der Waals surface area contributed by atoms with Crippen LogP contribution < -0.4 is 4.74 Å². The second-order valence-corrected chi connectivity index (χ2v) is 2.88. The Kier molecular flexibility index (Phi) is 1.92. The zero-order chi connectivity index (χ0) is 9.42. The molecule has 1 N–H and O–H groups in total. The molecule has 0 aliphatic carbocycles. The van der Waals surface area contributed by atoms with E-state index in [9.17, 15) is 8.78 Å². The van der Waals surface area contributed by atoms with E-state index in [2.05, 4.69) is 0 Å². The Labute approximate surface area is 73.8 Å². The molecule has 0 saturated carbocycles. The normalized spacial score (nSPS) is 14.1. The molecule has 1 aromatic rings. The lowest BCUT2D eigenvalue weighted by molar-refractivity contribution is 0.264. The number of ether oxygens (including phenoxy) is 1. The lowest BCUT2D eigenvalue weighted by Crippen LogP contribution is -1.97. The Morgan fingerprint density at radius 2 is 2.15 bits per heavy atom. The fourth-order valence-corrected chi connectivity index (χ4v) is 1.49. The Morgan fingerprint density at radius 3 is 2.85 bits per heavy atom. The number of hydrogen-bond donors (Lipinski definition) is 1. The van der Waals surface area contributed by atoms with E-state index in [4.69, 9.17) is 9.84 Å². The second-order valence-electron chi connectivity index (χ2n) is 2.88. The highest BCUT2D eigenvalue weighted by molar-refractivity contribution is 5.45. The second kappa shape index (κ2) is 2.96. The smallest absolute Gasteiger partial charge is 0.135 e. The van der Waals surface area contributed by atoms with Crippen LogP contribution in [-0.2, 0) is 13.0 Å². The van der Waals surface area contributed by atoms with E-state index in [1.54, 1.807) is 0 Å². The van der Waals surface area contributed by atoms with E-state index in [1.165, 1.54) is 0 Å². The number of aliphatic hydroxyl groups is 1. The maximum absolute atomic E-state index is 13.1. The zero-order valence-electron chi connectivity index (χ0n) is 6.81. The van der Waals surface area contributed by atoms with Crippen molar-refractivity contribution in [2.45, 2.75) is 13.0 Å². The summed E-state index contributed by atoms with van der Waals surface area (Å²) >= 11 is 0. The van der Waals surface area contributed by atoms with Gasteiger partial charge in [-0.05, 0) is 0 Å². The van der Waals surface area contributed by atoms with Crippen molar-refractivity contribution in [3.05, 3.63) is 28.8 Å². The highest BCUT2D eigenvalue weighted by atomic mass is 19.1. The molecule has 4 heteroatoms. The van der Waals surface area contributed by atoms with Gasteiger partial charge in [-0.25, -0.2) is 8.78 Å². The molecular weight excluding hydrogens is 178 g/mol. The number of fused-ring (bicyclic) bond motifs is 1. The standard InChI is InChI=1S/C9H8F2O2/c10-7-3-8(11)6(4-12)9-5(7)1-2-13-9/h3,12H,1-2,4H2. The van der Waals surface area contributed by atoms with Crippen LogP contribution in [0.3, 0.4) is 0 Å². The summed E-state index contributed by atoms with van der Waals surface area (Å²) in [7, 11) is 0. The summed E-state index contributed by atoms with van der Waals surface area (Å²) in [6.07, 6.45) is 0.439. The molecule has 70 valence electrons. The first-order valence-corrected chi connectivity index (χ1v) is 3.97. The van der Waals surface area contributed by atoms with Crippen LogP contribution in [0.5, 0.6) is 5.75 Å². The van der Waals surface area contributed by atoms with Crippen LogP contribution in [0, 0.1) is 11.6 Å². The molecule has 0 amide bonds. The highest BCUT2D eigenvalue weighted by Gasteiger charge is 2.23. The number of rotatable bonds is 1. The molecular formula is C9H8F2O2. The Balaban J connectivity index is 2.65. The quantitative estimate of drug-likeness (QED) is 0.718. The summed E-state index contributed by atoms with van der Waals surface area (Å²) in [5.41, 5.74) is 0.416.